The van der Waals surface area contributed by atoms with Gasteiger partial charge in [0.2, 0.25) is 15.9 Å². The zero-order valence-electron chi connectivity index (χ0n) is 13.1. The summed E-state index contributed by atoms with van der Waals surface area (Å²) >= 11 is 0. The molecule has 6 heteroatoms. The molecule has 0 aliphatic heterocycles. The summed E-state index contributed by atoms with van der Waals surface area (Å²) in [6.07, 6.45) is 1.81. The van der Waals surface area contributed by atoms with E-state index in [4.69, 9.17) is 0 Å². The first-order chi connectivity index (χ1) is 9.75. The van der Waals surface area contributed by atoms with Gasteiger partial charge in [-0.05, 0) is 18.9 Å². The van der Waals surface area contributed by atoms with E-state index in [9.17, 15) is 13.2 Å². The average molecular weight is 312 g/mol. The largest absolute Gasteiger partial charge is 0.340 e. The quantitative estimate of drug-likeness (QED) is 0.770. The van der Waals surface area contributed by atoms with Crippen molar-refractivity contribution in [2.45, 2.75) is 32.9 Å². The lowest BCUT2D eigenvalue weighted by molar-refractivity contribution is -0.130. The van der Waals surface area contributed by atoms with Crippen LogP contribution in [0.2, 0.25) is 0 Å². The first kappa shape index (κ1) is 17.7. The molecule has 0 aromatic heterocycles. The maximum Gasteiger partial charge on any atom is 0.237 e. The minimum Gasteiger partial charge on any atom is -0.340 e. The van der Waals surface area contributed by atoms with Crippen molar-refractivity contribution in [3.8, 4) is 0 Å². The summed E-state index contributed by atoms with van der Waals surface area (Å²) in [6.45, 7) is 4.07. The van der Waals surface area contributed by atoms with Crippen molar-refractivity contribution in [1.82, 2.24) is 9.21 Å². The summed E-state index contributed by atoms with van der Waals surface area (Å²) in [5.74, 6) is -0.204. The number of benzene rings is 1. The number of rotatable bonds is 7. The molecule has 118 valence electrons. The van der Waals surface area contributed by atoms with Gasteiger partial charge in [0.25, 0.3) is 0 Å². The summed E-state index contributed by atoms with van der Waals surface area (Å²) in [6, 6.07) is 9.43. The van der Waals surface area contributed by atoms with Crippen LogP contribution in [0.25, 0.3) is 0 Å². The lowest BCUT2D eigenvalue weighted by atomic mass is 10.2. The molecule has 0 aliphatic carbocycles. The van der Waals surface area contributed by atoms with Gasteiger partial charge in [0.15, 0.2) is 0 Å². The molecule has 1 amide bonds. The van der Waals surface area contributed by atoms with Crippen LogP contribution < -0.4 is 0 Å². The molecule has 1 rings (SSSR count). The Labute approximate surface area is 127 Å². The van der Waals surface area contributed by atoms with E-state index in [0.29, 0.717) is 13.0 Å². The molecule has 0 bridgehead atoms. The third-order valence-electron chi connectivity index (χ3n) is 3.49. The normalized spacial score (nSPS) is 13.2. The fourth-order valence-corrected chi connectivity index (χ4v) is 3.15. The molecule has 0 saturated carbocycles. The lowest BCUT2D eigenvalue weighted by Crippen LogP contribution is -2.44. The van der Waals surface area contributed by atoms with E-state index < -0.39 is 10.0 Å². The van der Waals surface area contributed by atoms with Gasteiger partial charge >= 0.3 is 0 Å². The zero-order chi connectivity index (χ0) is 16.0. The highest BCUT2D eigenvalue weighted by Crippen LogP contribution is 2.10. The highest BCUT2D eigenvalue weighted by Gasteiger charge is 2.26. The standard InChI is InChI=1S/C15H24N2O3S/c1-5-13(2)17(21(4,19)20)12-15(18)16(3)11-14-9-7-6-8-10-14/h6-10,13H,5,11-12H2,1-4H3. The van der Waals surface area contributed by atoms with Crippen molar-refractivity contribution in [3.05, 3.63) is 35.9 Å². The molecule has 21 heavy (non-hydrogen) atoms. The molecule has 0 radical (unpaired) electrons. The van der Waals surface area contributed by atoms with Gasteiger partial charge in [-0.15, -0.1) is 0 Å². The molecule has 5 nitrogen and oxygen atoms in total. The van der Waals surface area contributed by atoms with Gasteiger partial charge in [-0.3, -0.25) is 4.79 Å². The Morgan fingerprint density at radius 3 is 2.29 bits per heavy atom. The third kappa shape index (κ3) is 5.47. The van der Waals surface area contributed by atoms with Gasteiger partial charge in [-0.25, -0.2) is 8.42 Å². The van der Waals surface area contributed by atoms with Crippen molar-refractivity contribution >= 4 is 15.9 Å². The van der Waals surface area contributed by atoms with Gasteiger partial charge in [-0.1, -0.05) is 37.3 Å². The summed E-state index contributed by atoms with van der Waals surface area (Å²) in [7, 11) is -1.70. The molecule has 1 atom stereocenters. The van der Waals surface area contributed by atoms with Gasteiger partial charge < -0.3 is 4.90 Å². The van der Waals surface area contributed by atoms with Crippen molar-refractivity contribution in [3.63, 3.8) is 0 Å². The van der Waals surface area contributed by atoms with E-state index in [1.54, 1.807) is 11.9 Å². The minimum atomic E-state index is -3.39. The minimum absolute atomic E-state index is 0.114. The summed E-state index contributed by atoms with van der Waals surface area (Å²) in [4.78, 5) is 13.8. The Morgan fingerprint density at radius 1 is 1.24 bits per heavy atom. The number of hydrogen-bond donors (Lipinski definition) is 0. The molecule has 1 unspecified atom stereocenters. The van der Waals surface area contributed by atoms with E-state index in [-0.39, 0.29) is 18.5 Å². The zero-order valence-corrected chi connectivity index (χ0v) is 13.9. The monoisotopic (exact) mass is 312 g/mol. The maximum absolute atomic E-state index is 12.2. The number of hydrogen-bond acceptors (Lipinski definition) is 3. The molecule has 0 heterocycles. The van der Waals surface area contributed by atoms with Crippen LogP contribution in [-0.2, 0) is 21.4 Å². The smallest absolute Gasteiger partial charge is 0.237 e. The highest BCUT2D eigenvalue weighted by atomic mass is 32.2. The van der Waals surface area contributed by atoms with Crippen LogP contribution in [0.1, 0.15) is 25.8 Å². The second kappa shape index (κ2) is 7.56. The first-order valence-corrected chi connectivity index (χ1v) is 8.85. The molecule has 0 saturated heterocycles. The Bertz CT molecular complexity index is 558. The van der Waals surface area contributed by atoms with E-state index in [1.165, 1.54) is 4.31 Å². The number of likely N-dealkylation sites (N-methyl/N-ethyl adjacent to an activating group) is 1. The molecule has 0 aliphatic rings. The Kier molecular flexibility index (Phi) is 6.36. The van der Waals surface area contributed by atoms with Crippen LogP contribution in [0.3, 0.4) is 0 Å². The van der Waals surface area contributed by atoms with Crippen LogP contribution in [0.5, 0.6) is 0 Å². The van der Waals surface area contributed by atoms with Crippen molar-refractivity contribution in [1.29, 1.82) is 0 Å². The van der Waals surface area contributed by atoms with Crippen molar-refractivity contribution in [2.24, 2.45) is 0 Å². The first-order valence-electron chi connectivity index (χ1n) is 7.00. The topological polar surface area (TPSA) is 57.7 Å². The number of carbonyl (C=O) groups excluding carboxylic acids is 1. The second-order valence-corrected chi connectivity index (χ2v) is 7.24. The summed E-state index contributed by atoms with van der Waals surface area (Å²) < 4.78 is 24.9. The molecular formula is C15H24N2O3S. The number of amides is 1. The van der Waals surface area contributed by atoms with E-state index >= 15 is 0 Å². The molecular weight excluding hydrogens is 288 g/mol. The second-order valence-electron chi connectivity index (χ2n) is 5.30. The van der Waals surface area contributed by atoms with Gasteiger partial charge in [0.1, 0.15) is 0 Å². The predicted molar refractivity (Wildman–Crippen MR) is 84.2 cm³/mol. The SMILES string of the molecule is CCC(C)N(CC(=O)N(C)Cc1ccccc1)S(C)(=O)=O. The third-order valence-corrected chi connectivity index (χ3v) is 4.83. The van der Waals surface area contributed by atoms with Gasteiger partial charge in [0.05, 0.1) is 12.8 Å². The molecule has 0 spiro atoms. The molecule has 0 fully saturated rings. The van der Waals surface area contributed by atoms with Crippen LogP contribution in [0.15, 0.2) is 30.3 Å². The number of nitrogens with zero attached hydrogens (tertiary/aromatic N) is 2. The summed E-state index contributed by atoms with van der Waals surface area (Å²) in [5, 5.41) is 0. The molecule has 1 aromatic carbocycles. The van der Waals surface area contributed by atoms with E-state index in [1.807, 2.05) is 44.2 Å². The van der Waals surface area contributed by atoms with Crippen LogP contribution in [0, 0.1) is 0 Å². The van der Waals surface area contributed by atoms with Gasteiger partial charge in [-0.2, -0.15) is 4.31 Å². The molecule has 1 aromatic rings. The lowest BCUT2D eigenvalue weighted by Gasteiger charge is -2.27. The van der Waals surface area contributed by atoms with Crippen LogP contribution >= 0.6 is 0 Å². The Morgan fingerprint density at radius 2 is 1.81 bits per heavy atom. The number of carbonyl (C=O) groups is 1. The van der Waals surface area contributed by atoms with Crippen molar-refractivity contribution < 1.29 is 13.2 Å². The van der Waals surface area contributed by atoms with Crippen LogP contribution in [-0.4, -0.2) is 49.4 Å². The molecule has 0 N–H and O–H groups in total. The maximum atomic E-state index is 12.2. The summed E-state index contributed by atoms with van der Waals surface area (Å²) in [5.41, 5.74) is 1.02. The highest BCUT2D eigenvalue weighted by molar-refractivity contribution is 7.88. The van der Waals surface area contributed by atoms with Crippen LogP contribution in [0.4, 0.5) is 0 Å². The van der Waals surface area contributed by atoms with Crippen molar-refractivity contribution in [2.75, 3.05) is 19.8 Å². The number of sulfonamides is 1. The fourth-order valence-electron chi connectivity index (χ4n) is 2.00. The Hall–Kier alpha value is -1.40. The van der Waals surface area contributed by atoms with E-state index in [2.05, 4.69) is 0 Å². The van der Waals surface area contributed by atoms with E-state index in [0.717, 1.165) is 11.8 Å². The Balaban J connectivity index is 2.73. The predicted octanol–water partition coefficient (Wildman–Crippen LogP) is 1.71. The van der Waals surface area contributed by atoms with Gasteiger partial charge in [0, 0.05) is 19.6 Å². The fraction of sp³-hybridized carbons (Fsp3) is 0.533. The average Bonchev–Trinajstić information content (AvgIpc) is 2.43.